The van der Waals surface area contributed by atoms with E-state index in [2.05, 4.69) is 33.0 Å². The van der Waals surface area contributed by atoms with E-state index >= 15 is 0 Å². The first-order valence-corrected chi connectivity index (χ1v) is 9.03. The molecule has 0 aliphatic rings. The van der Waals surface area contributed by atoms with E-state index in [1.54, 1.807) is 0 Å². The maximum Gasteiger partial charge on any atom is 0.00952 e. The Balaban J connectivity index is 3.93. The van der Waals surface area contributed by atoms with Crippen LogP contribution in [0.25, 0.3) is 0 Å². The Kier molecular flexibility index (Phi) is 14.3. The molecular formula is C18H39N. The van der Waals surface area contributed by atoms with Crippen LogP contribution in [-0.2, 0) is 0 Å². The Morgan fingerprint density at radius 3 is 1.74 bits per heavy atom. The molecule has 19 heavy (non-hydrogen) atoms. The van der Waals surface area contributed by atoms with Crippen LogP contribution in [0.3, 0.4) is 0 Å². The van der Waals surface area contributed by atoms with Crippen LogP contribution in [0.5, 0.6) is 0 Å². The highest BCUT2D eigenvalue weighted by Crippen LogP contribution is 2.22. The summed E-state index contributed by atoms with van der Waals surface area (Å²) in [5.41, 5.74) is 0. The van der Waals surface area contributed by atoms with Gasteiger partial charge in [0.15, 0.2) is 0 Å². The first kappa shape index (κ1) is 19.0. The van der Waals surface area contributed by atoms with E-state index in [1.807, 2.05) is 0 Å². The quantitative estimate of drug-likeness (QED) is 0.385. The van der Waals surface area contributed by atoms with Crippen molar-refractivity contribution in [2.45, 2.75) is 104 Å². The summed E-state index contributed by atoms with van der Waals surface area (Å²) >= 11 is 0. The molecule has 0 aromatic carbocycles. The van der Waals surface area contributed by atoms with Gasteiger partial charge in [-0.15, -0.1) is 0 Å². The summed E-state index contributed by atoms with van der Waals surface area (Å²) in [4.78, 5) is 0. The van der Waals surface area contributed by atoms with E-state index < -0.39 is 0 Å². The van der Waals surface area contributed by atoms with E-state index in [4.69, 9.17) is 0 Å². The fraction of sp³-hybridized carbons (Fsp3) is 1.00. The molecule has 0 aromatic rings. The topological polar surface area (TPSA) is 12.0 Å². The summed E-state index contributed by atoms with van der Waals surface area (Å²) in [6, 6.07) is 0.774. The normalized spacial score (nSPS) is 13.1. The lowest BCUT2D eigenvalue weighted by Crippen LogP contribution is -2.36. The van der Waals surface area contributed by atoms with Gasteiger partial charge in [0.05, 0.1) is 0 Å². The minimum Gasteiger partial charge on any atom is -0.314 e. The molecule has 0 spiro atoms. The lowest BCUT2D eigenvalue weighted by atomic mass is 9.87. The van der Waals surface area contributed by atoms with Gasteiger partial charge in [-0.05, 0) is 31.7 Å². The van der Waals surface area contributed by atoms with Crippen molar-refractivity contribution in [2.75, 3.05) is 6.54 Å². The van der Waals surface area contributed by atoms with Gasteiger partial charge in [0.2, 0.25) is 0 Å². The zero-order chi connectivity index (χ0) is 14.3. The summed E-state index contributed by atoms with van der Waals surface area (Å²) in [5.74, 6) is 0.908. The van der Waals surface area contributed by atoms with Crippen LogP contribution in [0, 0.1) is 5.92 Å². The molecule has 0 saturated heterocycles. The van der Waals surface area contributed by atoms with Crippen molar-refractivity contribution < 1.29 is 0 Å². The van der Waals surface area contributed by atoms with Crippen molar-refractivity contribution in [2.24, 2.45) is 5.92 Å². The molecule has 1 heteroatoms. The summed E-state index contributed by atoms with van der Waals surface area (Å²) < 4.78 is 0. The Morgan fingerprint density at radius 1 is 0.632 bits per heavy atom. The van der Waals surface area contributed by atoms with Crippen molar-refractivity contribution in [1.29, 1.82) is 0 Å². The fourth-order valence-corrected chi connectivity index (χ4v) is 3.20. The van der Waals surface area contributed by atoms with E-state index in [9.17, 15) is 0 Å². The minimum atomic E-state index is 0.774. The van der Waals surface area contributed by atoms with Crippen LogP contribution in [0.1, 0.15) is 98.3 Å². The summed E-state index contributed by atoms with van der Waals surface area (Å²) in [7, 11) is 0. The average Bonchev–Trinajstić information content (AvgIpc) is 2.41. The monoisotopic (exact) mass is 269 g/mol. The third-order valence-electron chi connectivity index (χ3n) is 4.22. The SMILES string of the molecule is CCCCCCCCC(NCC)C(CCC)CCC. The second-order valence-electron chi connectivity index (χ2n) is 6.06. The highest BCUT2D eigenvalue weighted by molar-refractivity contribution is 4.76. The Labute approximate surface area is 122 Å². The molecule has 1 unspecified atom stereocenters. The van der Waals surface area contributed by atoms with Crippen LogP contribution < -0.4 is 5.32 Å². The van der Waals surface area contributed by atoms with Gasteiger partial charge in [-0.3, -0.25) is 0 Å². The largest absolute Gasteiger partial charge is 0.314 e. The zero-order valence-electron chi connectivity index (χ0n) is 14.1. The molecule has 0 aliphatic heterocycles. The standard InChI is InChI=1S/C18H39N/c1-5-9-10-11-12-13-16-18(19-8-4)17(14-6-2)15-7-3/h17-19H,5-16H2,1-4H3. The second-order valence-corrected chi connectivity index (χ2v) is 6.06. The lowest BCUT2D eigenvalue weighted by molar-refractivity contribution is 0.293. The number of nitrogens with one attached hydrogen (secondary N) is 1. The van der Waals surface area contributed by atoms with E-state index in [0.717, 1.165) is 18.5 Å². The van der Waals surface area contributed by atoms with Gasteiger partial charge in [-0.1, -0.05) is 79.1 Å². The number of hydrogen-bond donors (Lipinski definition) is 1. The van der Waals surface area contributed by atoms with Crippen molar-refractivity contribution >= 4 is 0 Å². The van der Waals surface area contributed by atoms with E-state index in [1.165, 1.54) is 70.6 Å². The predicted molar refractivity (Wildman–Crippen MR) is 88.8 cm³/mol. The second kappa shape index (κ2) is 14.4. The molecule has 0 rings (SSSR count). The van der Waals surface area contributed by atoms with Crippen molar-refractivity contribution in [3.63, 3.8) is 0 Å². The van der Waals surface area contributed by atoms with Crippen molar-refractivity contribution in [3.05, 3.63) is 0 Å². The average molecular weight is 270 g/mol. The van der Waals surface area contributed by atoms with Gasteiger partial charge in [0.1, 0.15) is 0 Å². The molecule has 0 saturated carbocycles. The maximum absolute atomic E-state index is 3.75. The Morgan fingerprint density at radius 2 is 1.21 bits per heavy atom. The Hall–Kier alpha value is -0.0400. The highest BCUT2D eigenvalue weighted by atomic mass is 14.9. The molecule has 0 aromatic heterocycles. The predicted octanol–water partition coefficient (Wildman–Crippen LogP) is 5.93. The molecule has 1 N–H and O–H groups in total. The minimum absolute atomic E-state index is 0.774. The molecule has 1 nitrogen and oxygen atoms in total. The van der Waals surface area contributed by atoms with E-state index in [-0.39, 0.29) is 0 Å². The van der Waals surface area contributed by atoms with Gasteiger partial charge in [-0.25, -0.2) is 0 Å². The number of hydrogen-bond acceptors (Lipinski definition) is 1. The number of rotatable bonds is 14. The lowest BCUT2D eigenvalue weighted by Gasteiger charge is -2.27. The van der Waals surface area contributed by atoms with Gasteiger partial charge in [-0.2, -0.15) is 0 Å². The van der Waals surface area contributed by atoms with Crippen LogP contribution >= 0.6 is 0 Å². The van der Waals surface area contributed by atoms with Gasteiger partial charge < -0.3 is 5.32 Å². The third kappa shape index (κ3) is 10.4. The smallest absolute Gasteiger partial charge is 0.00952 e. The van der Waals surface area contributed by atoms with Gasteiger partial charge in [0.25, 0.3) is 0 Å². The number of unbranched alkanes of at least 4 members (excludes halogenated alkanes) is 5. The first-order chi connectivity index (χ1) is 9.29. The molecule has 1 atom stereocenters. The molecule has 0 amide bonds. The molecule has 0 radical (unpaired) electrons. The maximum atomic E-state index is 3.75. The molecule has 0 fully saturated rings. The van der Waals surface area contributed by atoms with Crippen LogP contribution in [0.4, 0.5) is 0 Å². The van der Waals surface area contributed by atoms with Crippen molar-refractivity contribution in [3.8, 4) is 0 Å². The first-order valence-electron chi connectivity index (χ1n) is 9.03. The summed E-state index contributed by atoms with van der Waals surface area (Å²) in [6.07, 6.45) is 15.4. The zero-order valence-corrected chi connectivity index (χ0v) is 14.1. The van der Waals surface area contributed by atoms with Crippen LogP contribution in [0.2, 0.25) is 0 Å². The van der Waals surface area contributed by atoms with Gasteiger partial charge >= 0.3 is 0 Å². The van der Waals surface area contributed by atoms with Crippen molar-refractivity contribution in [1.82, 2.24) is 5.32 Å². The molecular weight excluding hydrogens is 230 g/mol. The van der Waals surface area contributed by atoms with Gasteiger partial charge in [0, 0.05) is 6.04 Å². The summed E-state index contributed by atoms with van der Waals surface area (Å²) in [6.45, 7) is 10.3. The van der Waals surface area contributed by atoms with Crippen LogP contribution in [0.15, 0.2) is 0 Å². The van der Waals surface area contributed by atoms with E-state index in [0.29, 0.717) is 0 Å². The van der Waals surface area contributed by atoms with Crippen LogP contribution in [-0.4, -0.2) is 12.6 Å². The molecule has 0 heterocycles. The Bertz CT molecular complexity index is 161. The molecule has 116 valence electrons. The fourth-order valence-electron chi connectivity index (χ4n) is 3.20. The highest BCUT2D eigenvalue weighted by Gasteiger charge is 2.18. The molecule has 0 bridgehead atoms. The third-order valence-corrected chi connectivity index (χ3v) is 4.22. The summed E-state index contributed by atoms with van der Waals surface area (Å²) in [5, 5.41) is 3.75. The molecule has 0 aliphatic carbocycles.